The van der Waals surface area contributed by atoms with Gasteiger partial charge in [0.2, 0.25) is 5.91 Å². The number of rotatable bonds is 3. The van der Waals surface area contributed by atoms with Crippen LogP contribution in [-0.4, -0.2) is 47.7 Å². The Kier molecular flexibility index (Phi) is 4.56. The molecule has 1 fully saturated rings. The topological polar surface area (TPSA) is 76.1 Å². The smallest absolute Gasteiger partial charge is 0.326 e. The van der Waals surface area contributed by atoms with Crippen LogP contribution in [0.15, 0.2) is 22.7 Å². The van der Waals surface area contributed by atoms with Gasteiger partial charge in [-0.15, -0.1) is 0 Å². The summed E-state index contributed by atoms with van der Waals surface area (Å²) in [4.78, 5) is 24.8. The molecular weight excluding hydrogens is 366 g/mol. The quantitative estimate of drug-likeness (QED) is 0.812. The van der Waals surface area contributed by atoms with Crippen molar-refractivity contribution in [1.29, 1.82) is 0 Å². The molecule has 1 aromatic carbocycles. The van der Waals surface area contributed by atoms with Crippen molar-refractivity contribution in [2.75, 3.05) is 19.8 Å². The van der Waals surface area contributed by atoms with Gasteiger partial charge in [0.05, 0.1) is 4.47 Å². The Morgan fingerprint density at radius 1 is 1.30 bits per heavy atom. The van der Waals surface area contributed by atoms with Crippen LogP contribution < -0.4 is 9.47 Å². The number of halogens is 1. The number of hydrogen-bond donors (Lipinski definition) is 1. The van der Waals surface area contributed by atoms with Crippen LogP contribution in [0.5, 0.6) is 11.5 Å². The van der Waals surface area contributed by atoms with Gasteiger partial charge in [-0.3, -0.25) is 4.79 Å². The highest BCUT2D eigenvalue weighted by Crippen LogP contribution is 2.38. The molecule has 7 heteroatoms. The van der Waals surface area contributed by atoms with E-state index < -0.39 is 12.0 Å². The molecule has 1 atom stereocenters. The SMILES string of the molecule is O=C(O)[C@H]1CCCN1C(=O)C=Cc1cc(Br)c2c(c1)OCCO2. The molecule has 2 heterocycles. The maximum atomic E-state index is 12.2. The number of aliphatic carboxylic acids is 1. The molecule has 6 nitrogen and oxygen atoms in total. The van der Waals surface area contributed by atoms with E-state index in [-0.39, 0.29) is 5.91 Å². The average Bonchev–Trinajstić information content (AvgIpc) is 3.02. The third kappa shape index (κ3) is 3.34. The molecule has 0 aliphatic carbocycles. The summed E-state index contributed by atoms with van der Waals surface area (Å²) in [7, 11) is 0. The molecule has 23 heavy (non-hydrogen) atoms. The number of carbonyl (C=O) groups is 2. The third-order valence-electron chi connectivity index (χ3n) is 3.86. The number of hydrogen-bond acceptors (Lipinski definition) is 4. The number of ether oxygens (including phenoxy) is 2. The molecule has 0 aromatic heterocycles. The number of amides is 1. The fourth-order valence-corrected chi connectivity index (χ4v) is 3.35. The zero-order chi connectivity index (χ0) is 16.4. The van der Waals surface area contributed by atoms with Crippen LogP contribution in [0.4, 0.5) is 0 Å². The van der Waals surface area contributed by atoms with Crippen molar-refractivity contribution in [3.63, 3.8) is 0 Å². The number of carbonyl (C=O) groups excluding carboxylic acids is 1. The number of carboxylic acid groups (broad SMARTS) is 1. The predicted molar refractivity (Wildman–Crippen MR) is 86.5 cm³/mol. The fraction of sp³-hybridized carbons (Fsp3) is 0.375. The van der Waals surface area contributed by atoms with E-state index in [1.54, 1.807) is 12.1 Å². The van der Waals surface area contributed by atoms with Gasteiger partial charge in [0, 0.05) is 12.6 Å². The summed E-state index contributed by atoms with van der Waals surface area (Å²) in [6, 6.07) is 2.90. The summed E-state index contributed by atoms with van der Waals surface area (Å²) in [6.07, 6.45) is 4.28. The predicted octanol–water partition coefficient (Wildman–Crippen LogP) is 2.31. The summed E-state index contributed by atoms with van der Waals surface area (Å²) in [5, 5.41) is 9.13. The van der Waals surface area contributed by atoms with Crippen molar-refractivity contribution in [3.8, 4) is 11.5 Å². The van der Waals surface area contributed by atoms with E-state index >= 15 is 0 Å². The Labute approximate surface area is 141 Å². The van der Waals surface area contributed by atoms with Gasteiger partial charge in [-0.1, -0.05) is 0 Å². The van der Waals surface area contributed by atoms with Gasteiger partial charge in [0.1, 0.15) is 19.3 Å². The maximum absolute atomic E-state index is 12.2. The van der Waals surface area contributed by atoms with Gasteiger partial charge in [0.25, 0.3) is 0 Å². The van der Waals surface area contributed by atoms with E-state index in [2.05, 4.69) is 15.9 Å². The average molecular weight is 382 g/mol. The summed E-state index contributed by atoms with van der Waals surface area (Å²) in [5.74, 6) is 0.0414. The van der Waals surface area contributed by atoms with E-state index in [0.29, 0.717) is 44.1 Å². The molecule has 1 aromatic rings. The molecule has 2 aliphatic heterocycles. The number of fused-ring (bicyclic) bond motifs is 1. The third-order valence-corrected chi connectivity index (χ3v) is 4.45. The molecule has 0 bridgehead atoms. The fourth-order valence-electron chi connectivity index (χ4n) is 2.78. The van der Waals surface area contributed by atoms with E-state index in [1.165, 1.54) is 11.0 Å². The maximum Gasteiger partial charge on any atom is 0.326 e. The van der Waals surface area contributed by atoms with Gasteiger partial charge in [-0.2, -0.15) is 0 Å². The van der Waals surface area contributed by atoms with Crippen molar-refractivity contribution in [3.05, 3.63) is 28.2 Å². The highest BCUT2D eigenvalue weighted by molar-refractivity contribution is 9.10. The number of likely N-dealkylation sites (tertiary alicyclic amines) is 1. The lowest BCUT2D eigenvalue weighted by Gasteiger charge is -2.20. The molecule has 1 saturated heterocycles. The van der Waals surface area contributed by atoms with E-state index in [1.807, 2.05) is 6.07 Å². The molecule has 3 rings (SSSR count). The molecule has 2 aliphatic rings. The Morgan fingerprint density at radius 2 is 2.09 bits per heavy atom. The first-order valence-corrected chi connectivity index (χ1v) is 8.16. The number of nitrogens with zero attached hydrogens (tertiary/aromatic N) is 1. The summed E-state index contributed by atoms with van der Waals surface area (Å²) < 4.78 is 11.8. The Bertz CT molecular complexity index is 673. The second-order valence-electron chi connectivity index (χ2n) is 5.39. The second-order valence-corrected chi connectivity index (χ2v) is 6.24. The van der Waals surface area contributed by atoms with Gasteiger partial charge in [-0.05, 0) is 52.5 Å². The molecule has 1 N–H and O–H groups in total. The van der Waals surface area contributed by atoms with Gasteiger partial charge in [0.15, 0.2) is 11.5 Å². The Hall–Kier alpha value is -2.02. The van der Waals surface area contributed by atoms with E-state index in [4.69, 9.17) is 14.6 Å². The van der Waals surface area contributed by atoms with Gasteiger partial charge < -0.3 is 19.5 Å². The summed E-state index contributed by atoms with van der Waals surface area (Å²) in [6.45, 7) is 1.47. The van der Waals surface area contributed by atoms with Gasteiger partial charge >= 0.3 is 5.97 Å². The van der Waals surface area contributed by atoms with Crippen molar-refractivity contribution in [2.45, 2.75) is 18.9 Å². The minimum Gasteiger partial charge on any atom is -0.486 e. The van der Waals surface area contributed by atoms with E-state index in [0.717, 1.165) is 10.0 Å². The molecule has 122 valence electrons. The van der Waals surface area contributed by atoms with Crippen LogP contribution >= 0.6 is 15.9 Å². The monoisotopic (exact) mass is 381 g/mol. The lowest BCUT2D eigenvalue weighted by atomic mass is 10.1. The number of carboxylic acids is 1. The van der Waals surface area contributed by atoms with Crippen LogP contribution in [0.1, 0.15) is 18.4 Å². The largest absolute Gasteiger partial charge is 0.486 e. The zero-order valence-corrected chi connectivity index (χ0v) is 13.9. The summed E-state index contributed by atoms with van der Waals surface area (Å²) >= 11 is 3.42. The van der Waals surface area contributed by atoms with Crippen LogP contribution in [0.2, 0.25) is 0 Å². The molecule has 0 spiro atoms. The highest BCUT2D eigenvalue weighted by atomic mass is 79.9. The van der Waals surface area contributed by atoms with E-state index in [9.17, 15) is 9.59 Å². The van der Waals surface area contributed by atoms with Crippen LogP contribution in [0, 0.1) is 0 Å². The first-order chi connectivity index (χ1) is 11.1. The van der Waals surface area contributed by atoms with Crippen LogP contribution in [0.3, 0.4) is 0 Å². The van der Waals surface area contributed by atoms with Crippen LogP contribution in [-0.2, 0) is 9.59 Å². The molecule has 0 unspecified atom stereocenters. The zero-order valence-electron chi connectivity index (χ0n) is 12.3. The number of benzene rings is 1. The molecule has 1 amide bonds. The molecule has 0 saturated carbocycles. The Morgan fingerprint density at radius 3 is 2.87 bits per heavy atom. The second kappa shape index (κ2) is 6.62. The van der Waals surface area contributed by atoms with Crippen molar-refractivity contribution in [1.82, 2.24) is 4.90 Å². The standard InChI is InChI=1S/C16H16BrNO5/c17-11-8-10(9-13-15(11)23-7-6-22-13)3-4-14(19)18-5-1-2-12(18)16(20)21/h3-4,8-9,12H,1-2,5-7H2,(H,20,21)/t12-/m1/s1. The van der Waals surface area contributed by atoms with Crippen LogP contribution in [0.25, 0.3) is 6.08 Å². The van der Waals surface area contributed by atoms with Crippen molar-refractivity contribution >= 4 is 33.9 Å². The lowest BCUT2D eigenvalue weighted by molar-refractivity contribution is -0.146. The van der Waals surface area contributed by atoms with Gasteiger partial charge in [-0.25, -0.2) is 4.79 Å². The van der Waals surface area contributed by atoms with Crippen molar-refractivity contribution < 1.29 is 24.2 Å². The lowest BCUT2D eigenvalue weighted by Crippen LogP contribution is -2.39. The Balaban J connectivity index is 1.76. The molecule has 0 radical (unpaired) electrons. The summed E-state index contributed by atoms with van der Waals surface area (Å²) in [5.41, 5.74) is 0.778. The first-order valence-electron chi connectivity index (χ1n) is 7.37. The highest BCUT2D eigenvalue weighted by Gasteiger charge is 2.32. The minimum atomic E-state index is -0.952. The normalized spacial score (nSPS) is 20.0. The minimum absolute atomic E-state index is 0.291. The first kappa shape index (κ1) is 15.9. The van der Waals surface area contributed by atoms with Crippen molar-refractivity contribution in [2.24, 2.45) is 0 Å². The molecular formula is C16H16BrNO5.